The van der Waals surface area contributed by atoms with E-state index in [0.717, 1.165) is 42.8 Å². The van der Waals surface area contributed by atoms with Gasteiger partial charge in [-0.05, 0) is 68.9 Å². The van der Waals surface area contributed by atoms with E-state index >= 15 is 0 Å². The number of nitrogens with one attached hydrogen (secondary N) is 2. The largest absolute Gasteiger partial charge is 0.385 e. The van der Waals surface area contributed by atoms with E-state index in [1.807, 2.05) is 57.2 Å². The first-order valence-corrected chi connectivity index (χ1v) is 10.3. The number of nitriles is 1. The highest BCUT2D eigenvalue weighted by molar-refractivity contribution is 6.30. The van der Waals surface area contributed by atoms with Gasteiger partial charge in [0.15, 0.2) is 7.85 Å². The smallest absolute Gasteiger partial charge is 0.262 e. The monoisotopic (exact) mass is 403 g/mol. The summed E-state index contributed by atoms with van der Waals surface area (Å²) in [5.41, 5.74) is 3.55. The Hall–Kier alpha value is -3.11. The van der Waals surface area contributed by atoms with Crippen LogP contribution in [-0.2, 0) is 4.79 Å². The van der Waals surface area contributed by atoms with Crippen LogP contribution in [0.15, 0.2) is 48.0 Å². The van der Waals surface area contributed by atoms with Crippen LogP contribution in [0.1, 0.15) is 37.1 Å². The van der Waals surface area contributed by atoms with Crippen molar-refractivity contribution in [2.24, 2.45) is 0 Å². The number of anilines is 1. The Labute approximate surface area is 180 Å². The predicted molar refractivity (Wildman–Crippen MR) is 125 cm³/mol. The maximum absolute atomic E-state index is 12.7. The Morgan fingerprint density at radius 3 is 2.60 bits per heavy atom. The lowest BCUT2D eigenvalue weighted by Gasteiger charge is -2.18. The molecule has 1 aromatic carbocycles. The van der Waals surface area contributed by atoms with Gasteiger partial charge in [0.1, 0.15) is 11.6 Å². The molecule has 0 aliphatic heterocycles. The van der Waals surface area contributed by atoms with Crippen LogP contribution in [-0.4, -0.2) is 50.8 Å². The lowest BCUT2D eigenvalue weighted by atomic mass is 10.0. The van der Waals surface area contributed by atoms with Gasteiger partial charge in [-0.1, -0.05) is 31.2 Å². The van der Waals surface area contributed by atoms with Gasteiger partial charge in [-0.15, -0.1) is 0 Å². The minimum atomic E-state index is -0.390. The van der Waals surface area contributed by atoms with Crippen LogP contribution < -0.4 is 16.2 Å². The van der Waals surface area contributed by atoms with E-state index in [2.05, 4.69) is 34.6 Å². The minimum absolute atomic E-state index is 0.0470. The molecule has 0 fully saturated rings. The Morgan fingerprint density at radius 2 is 2.00 bits per heavy atom. The second-order valence-corrected chi connectivity index (χ2v) is 7.51. The molecule has 1 unspecified atom stereocenters. The van der Waals surface area contributed by atoms with Crippen LogP contribution >= 0.6 is 0 Å². The van der Waals surface area contributed by atoms with Gasteiger partial charge in [-0.3, -0.25) is 9.78 Å². The van der Waals surface area contributed by atoms with Gasteiger partial charge in [0.2, 0.25) is 0 Å². The Balaban J connectivity index is 2.01. The first-order valence-electron chi connectivity index (χ1n) is 10.3. The molecule has 6 nitrogen and oxygen atoms in total. The maximum Gasteiger partial charge on any atom is 0.262 e. The summed E-state index contributed by atoms with van der Waals surface area (Å²) in [6.07, 6.45) is 3.32. The molecule has 2 rings (SSSR count). The van der Waals surface area contributed by atoms with Crippen LogP contribution in [0.5, 0.6) is 0 Å². The van der Waals surface area contributed by atoms with E-state index in [4.69, 9.17) is 0 Å². The van der Waals surface area contributed by atoms with Crippen molar-refractivity contribution in [1.29, 1.82) is 5.26 Å². The summed E-state index contributed by atoms with van der Waals surface area (Å²) in [7, 11) is 6.01. The van der Waals surface area contributed by atoms with Crippen molar-refractivity contribution in [2.75, 3.05) is 32.5 Å². The van der Waals surface area contributed by atoms with E-state index in [-0.39, 0.29) is 11.6 Å². The molecule has 0 saturated carbocycles. The summed E-state index contributed by atoms with van der Waals surface area (Å²) in [5.74, 6) is -0.390. The molecule has 0 radical (unpaired) electrons. The van der Waals surface area contributed by atoms with Crippen LogP contribution in [0, 0.1) is 11.3 Å². The average molecular weight is 403 g/mol. The van der Waals surface area contributed by atoms with Crippen molar-refractivity contribution in [3.8, 4) is 6.07 Å². The summed E-state index contributed by atoms with van der Waals surface area (Å²) in [6.45, 7) is 3.97. The zero-order valence-electron chi connectivity index (χ0n) is 18.3. The van der Waals surface area contributed by atoms with Gasteiger partial charge in [0.25, 0.3) is 5.91 Å². The molecule has 0 aliphatic carbocycles. The molecule has 0 saturated heterocycles. The first kappa shape index (κ1) is 23.2. The molecule has 1 aromatic heterocycles. The number of hydrogen-bond acceptors (Lipinski definition) is 5. The van der Waals surface area contributed by atoms with Gasteiger partial charge >= 0.3 is 0 Å². The highest BCUT2D eigenvalue weighted by atomic mass is 16.1. The molecule has 2 aromatic rings. The standard InChI is InChI=1S/C23H30BN5O/c1-4-21(17-9-11-19(12-10-17)26-13-6-14-29(2)3)28-23(30)18(16-25)15-20-7-5-8-22(24)27-20/h5,7-12,15,21,26H,4,6,13-14,24H2,1-3H3,(H,28,30)/b18-15+. The lowest BCUT2D eigenvalue weighted by Crippen LogP contribution is -2.29. The molecule has 1 heterocycles. The lowest BCUT2D eigenvalue weighted by molar-refractivity contribution is -0.117. The van der Waals surface area contributed by atoms with Crippen LogP contribution in [0.2, 0.25) is 0 Å². The zero-order chi connectivity index (χ0) is 21.9. The highest BCUT2D eigenvalue weighted by Crippen LogP contribution is 2.20. The number of rotatable bonds is 10. The van der Waals surface area contributed by atoms with E-state index in [9.17, 15) is 10.1 Å². The number of benzene rings is 1. The third-order valence-corrected chi connectivity index (χ3v) is 4.71. The third kappa shape index (κ3) is 7.38. The van der Waals surface area contributed by atoms with E-state index < -0.39 is 5.91 Å². The molecule has 0 spiro atoms. The molecular weight excluding hydrogens is 373 g/mol. The molecular formula is C23H30BN5O. The van der Waals surface area contributed by atoms with Crippen molar-refractivity contribution in [1.82, 2.24) is 15.2 Å². The summed E-state index contributed by atoms with van der Waals surface area (Å²) < 4.78 is 0. The van der Waals surface area contributed by atoms with Gasteiger partial charge < -0.3 is 15.5 Å². The number of carbonyl (C=O) groups excluding carboxylic acids is 1. The van der Waals surface area contributed by atoms with Crippen molar-refractivity contribution >= 4 is 31.1 Å². The van der Waals surface area contributed by atoms with Crippen molar-refractivity contribution in [3.63, 3.8) is 0 Å². The zero-order valence-corrected chi connectivity index (χ0v) is 18.3. The minimum Gasteiger partial charge on any atom is -0.385 e. The molecule has 1 atom stereocenters. The normalized spacial score (nSPS) is 12.3. The molecule has 30 heavy (non-hydrogen) atoms. The molecule has 2 N–H and O–H groups in total. The van der Waals surface area contributed by atoms with Crippen LogP contribution in [0.25, 0.3) is 6.08 Å². The molecule has 0 aliphatic rings. The van der Waals surface area contributed by atoms with E-state index in [0.29, 0.717) is 5.69 Å². The number of amides is 1. The molecule has 0 bridgehead atoms. The highest BCUT2D eigenvalue weighted by Gasteiger charge is 2.16. The number of pyridine rings is 1. The van der Waals surface area contributed by atoms with Crippen molar-refractivity contribution in [2.45, 2.75) is 25.8 Å². The fourth-order valence-corrected chi connectivity index (χ4v) is 3.06. The summed E-state index contributed by atoms with van der Waals surface area (Å²) in [6, 6.07) is 15.4. The fraction of sp³-hybridized carbons (Fsp3) is 0.348. The quantitative estimate of drug-likeness (QED) is 0.274. The number of aromatic nitrogens is 1. The van der Waals surface area contributed by atoms with Crippen LogP contribution in [0.3, 0.4) is 0 Å². The first-order chi connectivity index (χ1) is 14.4. The van der Waals surface area contributed by atoms with E-state index in [1.54, 1.807) is 6.07 Å². The SMILES string of the molecule is Bc1cccc(/C=C(\C#N)C(=O)NC(CC)c2ccc(NCCCN(C)C)cc2)n1. The second kappa shape index (κ2) is 11.8. The topological polar surface area (TPSA) is 81.0 Å². The van der Waals surface area contributed by atoms with Gasteiger partial charge in [-0.2, -0.15) is 5.26 Å². The molecule has 156 valence electrons. The third-order valence-electron chi connectivity index (χ3n) is 4.71. The number of nitrogens with zero attached hydrogens (tertiary/aromatic N) is 3. The summed E-state index contributed by atoms with van der Waals surface area (Å²) in [5, 5.41) is 15.8. The van der Waals surface area contributed by atoms with Gasteiger partial charge in [0.05, 0.1) is 11.7 Å². The Kier molecular flexibility index (Phi) is 9.11. The van der Waals surface area contributed by atoms with Gasteiger partial charge in [-0.25, -0.2) is 0 Å². The fourth-order valence-electron chi connectivity index (χ4n) is 3.06. The number of hydrogen-bond donors (Lipinski definition) is 2. The second-order valence-electron chi connectivity index (χ2n) is 7.51. The Bertz CT molecular complexity index is 903. The predicted octanol–water partition coefficient (Wildman–Crippen LogP) is 1.88. The summed E-state index contributed by atoms with van der Waals surface area (Å²) in [4.78, 5) is 19.2. The van der Waals surface area contributed by atoms with E-state index in [1.165, 1.54) is 6.08 Å². The molecule has 1 amide bonds. The van der Waals surface area contributed by atoms with Crippen molar-refractivity contribution < 1.29 is 4.79 Å². The van der Waals surface area contributed by atoms with Crippen molar-refractivity contribution in [3.05, 3.63) is 59.3 Å². The van der Waals surface area contributed by atoms with Crippen LogP contribution in [0.4, 0.5) is 5.69 Å². The number of carbonyl (C=O) groups is 1. The maximum atomic E-state index is 12.7. The average Bonchev–Trinajstić information content (AvgIpc) is 2.73. The molecule has 7 heteroatoms. The summed E-state index contributed by atoms with van der Waals surface area (Å²) >= 11 is 0. The Morgan fingerprint density at radius 1 is 1.27 bits per heavy atom. The van der Waals surface area contributed by atoms with Gasteiger partial charge in [0, 0.05) is 12.2 Å².